The van der Waals surface area contributed by atoms with E-state index in [-0.39, 0.29) is 29.4 Å². The van der Waals surface area contributed by atoms with Crippen molar-refractivity contribution in [2.45, 2.75) is 44.1 Å². The van der Waals surface area contributed by atoms with Crippen LogP contribution in [0.15, 0.2) is 23.2 Å². The molecule has 1 saturated heterocycles. The molecular weight excluding hydrogens is 445 g/mol. The van der Waals surface area contributed by atoms with E-state index < -0.39 is 0 Å². The van der Waals surface area contributed by atoms with Gasteiger partial charge in [-0.2, -0.15) is 0 Å². The standard InChI is InChI=1S/C19H27N3O3.HI/c1-2-20-18(22-15-4-5-15)21-12-19(7-9-23-10-8-19)14-3-6-16-17(11-14)25-13-24-16;/h3,6,11,15H,2,4-5,7-10,12-13H2,1H3,(H2,20,21,22);1H. The van der Waals surface area contributed by atoms with Crippen LogP contribution in [-0.2, 0) is 10.2 Å². The minimum absolute atomic E-state index is 0. The largest absolute Gasteiger partial charge is 0.454 e. The predicted molar refractivity (Wildman–Crippen MR) is 112 cm³/mol. The summed E-state index contributed by atoms with van der Waals surface area (Å²) in [5, 5.41) is 6.87. The third-order valence-corrected chi connectivity index (χ3v) is 5.24. The molecule has 1 saturated carbocycles. The second-order valence-electron chi connectivity index (χ2n) is 7.07. The van der Waals surface area contributed by atoms with Gasteiger partial charge in [0.05, 0.1) is 6.54 Å². The molecule has 3 aliphatic rings. The van der Waals surface area contributed by atoms with Gasteiger partial charge in [-0.15, -0.1) is 24.0 Å². The number of rotatable bonds is 5. The summed E-state index contributed by atoms with van der Waals surface area (Å²) in [6.07, 6.45) is 4.43. The monoisotopic (exact) mass is 473 g/mol. The molecule has 0 unspecified atom stereocenters. The Morgan fingerprint density at radius 3 is 2.69 bits per heavy atom. The number of benzene rings is 1. The van der Waals surface area contributed by atoms with Crippen LogP contribution in [0.5, 0.6) is 11.5 Å². The van der Waals surface area contributed by atoms with Crippen LogP contribution in [0.1, 0.15) is 38.2 Å². The Kier molecular flexibility index (Phi) is 6.50. The zero-order valence-electron chi connectivity index (χ0n) is 15.3. The number of nitrogens with one attached hydrogen (secondary N) is 2. The second kappa shape index (κ2) is 8.65. The van der Waals surface area contributed by atoms with Crippen molar-refractivity contribution < 1.29 is 14.2 Å². The van der Waals surface area contributed by atoms with E-state index in [0.29, 0.717) is 12.8 Å². The number of halogens is 1. The summed E-state index contributed by atoms with van der Waals surface area (Å²) in [7, 11) is 0. The van der Waals surface area contributed by atoms with Gasteiger partial charge in [-0.1, -0.05) is 6.07 Å². The molecule has 6 nitrogen and oxygen atoms in total. The third kappa shape index (κ3) is 4.36. The van der Waals surface area contributed by atoms with Crippen LogP contribution < -0.4 is 20.1 Å². The molecule has 0 bridgehead atoms. The van der Waals surface area contributed by atoms with Crippen molar-refractivity contribution in [1.82, 2.24) is 10.6 Å². The maximum absolute atomic E-state index is 5.63. The van der Waals surface area contributed by atoms with E-state index in [0.717, 1.165) is 56.6 Å². The van der Waals surface area contributed by atoms with Crippen LogP contribution in [0.3, 0.4) is 0 Å². The van der Waals surface area contributed by atoms with Crippen molar-refractivity contribution in [3.05, 3.63) is 23.8 Å². The first-order valence-electron chi connectivity index (χ1n) is 9.32. The zero-order valence-corrected chi connectivity index (χ0v) is 17.6. The van der Waals surface area contributed by atoms with Gasteiger partial charge in [-0.3, -0.25) is 4.99 Å². The van der Waals surface area contributed by atoms with Crippen molar-refractivity contribution >= 4 is 29.9 Å². The van der Waals surface area contributed by atoms with Gasteiger partial charge in [0.1, 0.15) is 0 Å². The minimum atomic E-state index is -0.00880. The van der Waals surface area contributed by atoms with E-state index in [4.69, 9.17) is 19.2 Å². The molecule has 2 fully saturated rings. The molecule has 26 heavy (non-hydrogen) atoms. The quantitative estimate of drug-likeness (QED) is 0.391. The molecule has 4 rings (SSSR count). The molecular formula is C19H28IN3O3. The van der Waals surface area contributed by atoms with E-state index >= 15 is 0 Å². The zero-order chi connectivity index (χ0) is 17.1. The first-order chi connectivity index (χ1) is 12.3. The van der Waals surface area contributed by atoms with Crippen molar-refractivity contribution in [1.29, 1.82) is 0 Å². The summed E-state index contributed by atoms with van der Waals surface area (Å²) in [5.74, 6) is 2.60. The summed E-state index contributed by atoms with van der Waals surface area (Å²) in [6.45, 7) is 5.58. The van der Waals surface area contributed by atoms with Crippen molar-refractivity contribution in [2.75, 3.05) is 33.1 Å². The lowest BCUT2D eigenvalue weighted by Crippen LogP contribution is -2.42. The molecule has 0 aromatic heterocycles. The number of ether oxygens (including phenoxy) is 3. The number of guanidine groups is 1. The highest BCUT2D eigenvalue weighted by atomic mass is 127. The van der Waals surface area contributed by atoms with Crippen LogP contribution in [0, 0.1) is 0 Å². The molecule has 0 spiro atoms. The first kappa shape index (κ1) is 19.5. The average Bonchev–Trinajstić information content (AvgIpc) is 3.33. The highest BCUT2D eigenvalue weighted by Crippen LogP contribution is 2.41. The van der Waals surface area contributed by atoms with Gasteiger partial charge in [0.2, 0.25) is 6.79 Å². The number of hydrogen-bond acceptors (Lipinski definition) is 4. The molecule has 2 aliphatic heterocycles. The number of nitrogens with zero attached hydrogens (tertiary/aromatic N) is 1. The van der Waals surface area contributed by atoms with Gasteiger partial charge < -0.3 is 24.8 Å². The Morgan fingerprint density at radius 1 is 1.19 bits per heavy atom. The minimum Gasteiger partial charge on any atom is -0.454 e. The summed E-state index contributed by atoms with van der Waals surface area (Å²) in [6, 6.07) is 6.90. The lowest BCUT2D eigenvalue weighted by atomic mass is 9.74. The van der Waals surface area contributed by atoms with Gasteiger partial charge >= 0.3 is 0 Å². The van der Waals surface area contributed by atoms with Crippen LogP contribution in [-0.4, -0.2) is 45.1 Å². The Hall–Kier alpha value is -1.22. The fraction of sp³-hybridized carbons (Fsp3) is 0.632. The highest BCUT2D eigenvalue weighted by Gasteiger charge is 2.36. The second-order valence-corrected chi connectivity index (χ2v) is 7.07. The summed E-state index contributed by atoms with van der Waals surface area (Å²) < 4.78 is 16.7. The first-order valence-corrected chi connectivity index (χ1v) is 9.32. The maximum Gasteiger partial charge on any atom is 0.231 e. The molecule has 2 heterocycles. The van der Waals surface area contributed by atoms with E-state index in [2.05, 4.69) is 29.7 Å². The van der Waals surface area contributed by atoms with Gasteiger partial charge in [0.25, 0.3) is 0 Å². The predicted octanol–water partition coefficient (Wildman–Crippen LogP) is 2.80. The number of hydrogen-bond donors (Lipinski definition) is 2. The van der Waals surface area contributed by atoms with Gasteiger partial charge in [-0.05, 0) is 50.3 Å². The smallest absolute Gasteiger partial charge is 0.231 e. The van der Waals surface area contributed by atoms with Crippen molar-refractivity contribution in [3.8, 4) is 11.5 Å². The lowest BCUT2D eigenvalue weighted by Gasteiger charge is -2.36. The van der Waals surface area contributed by atoms with Crippen molar-refractivity contribution in [3.63, 3.8) is 0 Å². The van der Waals surface area contributed by atoms with Crippen LogP contribution in [0.2, 0.25) is 0 Å². The summed E-state index contributed by atoms with van der Waals surface area (Å²) >= 11 is 0. The summed E-state index contributed by atoms with van der Waals surface area (Å²) in [5.41, 5.74) is 1.26. The molecule has 0 radical (unpaired) electrons. The van der Waals surface area contributed by atoms with Gasteiger partial charge in [0, 0.05) is 31.2 Å². The van der Waals surface area contributed by atoms with Crippen LogP contribution in [0.25, 0.3) is 0 Å². The molecule has 144 valence electrons. The third-order valence-electron chi connectivity index (χ3n) is 5.24. The maximum atomic E-state index is 5.63. The molecule has 0 amide bonds. The Balaban J connectivity index is 0.00000196. The average molecular weight is 473 g/mol. The molecule has 0 atom stereocenters. The normalized spacial score (nSPS) is 21.0. The van der Waals surface area contributed by atoms with Gasteiger partial charge in [-0.25, -0.2) is 0 Å². The molecule has 1 aromatic carbocycles. The van der Waals surface area contributed by atoms with Crippen molar-refractivity contribution in [2.24, 2.45) is 4.99 Å². The Morgan fingerprint density at radius 2 is 1.96 bits per heavy atom. The topological polar surface area (TPSA) is 64.1 Å². The molecule has 7 heteroatoms. The van der Waals surface area contributed by atoms with Gasteiger partial charge in [0.15, 0.2) is 17.5 Å². The molecule has 1 aliphatic carbocycles. The van der Waals surface area contributed by atoms with Crippen LogP contribution >= 0.6 is 24.0 Å². The van der Waals surface area contributed by atoms with E-state index in [1.54, 1.807) is 0 Å². The number of fused-ring (bicyclic) bond motifs is 1. The Bertz CT molecular complexity index is 643. The fourth-order valence-corrected chi connectivity index (χ4v) is 3.50. The summed E-state index contributed by atoms with van der Waals surface area (Å²) in [4.78, 5) is 4.93. The lowest BCUT2D eigenvalue weighted by molar-refractivity contribution is 0.0530. The number of aliphatic imine (C=N–C) groups is 1. The fourth-order valence-electron chi connectivity index (χ4n) is 3.50. The highest BCUT2D eigenvalue weighted by molar-refractivity contribution is 14.0. The Labute approximate surface area is 172 Å². The van der Waals surface area contributed by atoms with Crippen LogP contribution in [0.4, 0.5) is 0 Å². The molecule has 2 N–H and O–H groups in total. The van der Waals surface area contributed by atoms with E-state index in [1.807, 2.05) is 6.07 Å². The van der Waals surface area contributed by atoms with E-state index in [9.17, 15) is 0 Å². The molecule has 1 aromatic rings. The van der Waals surface area contributed by atoms with E-state index in [1.165, 1.54) is 18.4 Å². The SMILES string of the molecule is CCNC(=NCC1(c2ccc3c(c2)OCO3)CCOCC1)NC1CC1.I.